The van der Waals surface area contributed by atoms with E-state index < -0.39 is 0 Å². The van der Waals surface area contributed by atoms with Gasteiger partial charge in [-0.1, -0.05) is 0 Å². The molecule has 0 aliphatic rings. The van der Waals surface area contributed by atoms with Crippen LogP contribution in [-0.4, -0.2) is 60.8 Å². The van der Waals surface area contributed by atoms with Gasteiger partial charge in [-0.25, -0.2) is 0 Å². The van der Waals surface area contributed by atoms with Crippen molar-refractivity contribution in [1.29, 1.82) is 0 Å². The summed E-state index contributed by atoms with van der Waals surface area (Å²) in [6, 6.07) is 0. The fourth-order valence-electron chi connectivity index (χ4n) is 0. The second-order valence-corrected chi connectivity index (χ2v) is 0. The maximum absolute atomic E-state index is 0. The van der Waals surface area contributed by atoms with Gasteiger partial charge in [-0.15, -0.1) is 0 Å². The molecule has 4 heteroatoms. The summed E-state index contributed by atoms with van der Waals surface area (Å²) in [4.78, 5) is 0. The molecule has 0 aliphatic carbocycles. The van der Waals surface area contributed by atoms with Crippen LogP contribution in [0.2, 0.25) is 0 Å². The Kier molecular flexibility index (Phi) is 134. The van der Waals surface area contributed by atoms with Crippen molar-refractivity contribution in [2.45, 2.75) is 0 Å². The molecule has 0 saturated carbocycles. The second-order valence-electron chi connectivity index (χ2n) is 0. The van der Waals surface area contributed by atoms with E-state index in [0.29, 0.717) is 0 Å². The van der Waals surface area contributed by atoms with Gasteiger partial charge in [-0.05, 0) is 0 Å². The first-order chi connectivity index (χ1) is 0. The van der Waals surface area contributed by atoms with E-state index in [1.807, 2.05) is 0 Å². The summed E-state index contributed by atoms with van der Waals surface area (Å²) < 4.78 is 0. The summed E-state index contributed by atoms with van der Waals surface area (Å²) in [5, 5.41) is 0. The van der Waals surface area contributed by atoms with Crippen LogP contribution < -0.4 is 0 Å². The van der Waals surface area contributed by atoms with Gasteiger partial charge in [0.05, 0.1) is 0 Å². The van der Waals surface area contributed by atoms with E-state index in [1.54, 1.807) is 0 Å². The average molecular weight is 148 g/mol. The predicted molar refractivity (Wildman–Crippen MR) is 15.0 cm³/mol. The fraction of sp³-hybridized carbons (Fsp3) is 0. The maximum atomic E-state index is 0. The van der Waals surface area contributed by atoms with Crippen molar-refractivity contribution in [1.82, 2.24) is 0 Å². The quantitative estimate of drug-likeness (QED) is 0.377. The number of hydrogen-bond donors (Lipinski definition) is 0. The first-order valence-corrected chi connectivity index (χ1v) is 0. The minimum absolute atomic E-state index is 0. The van der Waals surface area contributed by atoms with Crippen LogP contribution >= 0.6 is 0 Å². The molecular weight excluding hydrogens is 146 g/mol. The molecule has 0 atom stereocenters. The van der Waals surface area contributed by atoms with Crippen LogP contribution in [0.3, 0.4) is 0 Å². The van der Waals surface area contributed by atoms with Crippen LogP contribution in [0.25, 0.3) is 0 Å². The molecule has 0 N–H and O–H groups in total. The Morgan fingerprint density at radius 3 is 1.00 bits per heavy atom. The Morgan fingerprint density at radius 2 is 1.00 bits per heavy atom. The molecular formula is H2CaMgOZn. The van der Waals surface area contributed by atoms with Crippen LogP contribution in [-0.2, 0) is 25.0 Å². The zero-order valence-corrected chi connectivity index (χ0v) is 6.20. The fourth-order valence-corrected chi connectivity index (χ4v) is 0. The SMILES string of the molecule is [CaH2].[Mg+2].[O-2].[Zn]. The second kappa shape index (κ2) is 17.5. The molecule has 0 unspecified atom stereocenters. The van der Waals surface area contributed by atoms with Gasteiger partial charge in [-0.2, -0.15) is 0 Å². The molecule has 0 bridgehead atoms. The van der Waals surface area contributed by atoms with Gasteiger partial charge in [-0.3, -0.25) is 0 Å². The van der Waals surface area contributed by atoms with E-state index >= 15 is 0 Å². The maximum Gasteiger partial charge on any atom is 2.00 e. The molecule has 0 saturated heterocycles. The van der Waals surface area contributed by atoms with E-state index in [4.69, 9.17) is 0 Å². The first-order valence-electron chi connectivity index (χ1n) is 0. The Hall–Kier alpha value is 2.61. The van der Waals surface area contributed by atoms with E-state index in [2.05, 4.69) is 0 Å². The first kappa shape index (κ1) is 30.5. The van der Waals surface area contributed by atoms with E-state index in [9.17, 15) is 0 Å². The van der Waals surface area contributed by atoms with Gasteiger partial charge in [0, 0.05) is 19.5 Å². The summed E-state index contributed by atoms with van der Waals surface area (Å²) in [5.74, 6) is 0. The Labute approximate surface area is 84.1 Å². The topological polar surface area (TPSA) is 28.5 Å². The molecule has 4 heavy (non-hydrogen) atoms. The van der Waals surface area contributed by atoms with Gasteiger partial charge in [0.1, 0.15) is 0 Å². The van der Waals surface area contributed by atoms with Crippen molar-refractivity contribution in [3.63, 3.8) is 0 Å². The molecule has 0 aliphatic heterocycles. The van der Waals surface area contributed by atoms with E-state index in [1.165, 1.54) is 0 Å². The molecule has 0 spiro atoms. The van der Waals surface area contributed by atoms with Crippen molar-refractivity contribution >= 4 is 60.8 Å². The molecule has 0 aromatic rings. The van der Waals surface area contributed by atoms with Gasteiger partial charge in [0.15, 0.2) is 0 Å². The summed E-state index contributed by atoms with van der Waals surface area (Å²) in [7, 11) is 0. The summed E-state index contributed by atoms with van der Waals surface area (Å²) in [6.07, 6.45) is 0. The van der Waals surface area contributed by atoms with Crippen LogP contribution in [0.1, 0.15) is 0 Å². The minimum Gasteiger partial charge on any atom is -2.00 e. The van der Waals surface area contributed by atoms with Gasteiger partial charge >= 0.3 is 60.8 Å². The molecule has 0 amide bonds. The minimum atomic E-state index is 0. The third-order valence-corrected chi connectivity index (χ3v) is 0. The van der Waals surface area contributed by atoms with Crippen LogP contribution in [0.4, 0.5) is 0 Å². The summed E-state index contributed by atoms with van der Waals surface area (Å²) in [6.45, 7) is 0. The predicted octanol–water partition coefficient (Wildman–Crippen LogP) is -1.42. The van der Waals surface area contributed by atoms with Crippen LogP contribution in [0.15, 0.2) is 0 Å². The Balaban J connectivity index is 0. The van der Waals surface area contributed by atoms with Gasteiger partial charge in [0.25, 0.3) is 0 Å². The number of hydrogen-bond acceptors (Lipinski definition) is 0. The van der Waals surface area contributed by atoms with Crippen molar-refractivity contribution in [2.24, 2.45) is 0 Å². The van der Waals surface area contributed by atoms with Crippen molar-refractivity contribution in [2.75, 3.05) is 0 Å². The van der Waals surface area contributed by atoms with E-state index in [0.717, 1.165) is 0 Å². The standard InChI is InChI=1S/Ca.Mg.O.Zn.2H/q;+2;-2;;;. The molecule has 0 radical (unpaired) electrons. The molecule has 0 fully saturated rings. The van der Waals surface area contributed by atoms with Gasteiger partial charge in [0.2, 0.25) is 0 Å². The zero-order chi connectivity index (χ0) is 0. The average Bonchev–Trinajstić information content (AvgIpc) is 0. The zero-order valence-electron chi connectivity index (χ0n) is 1.82. The molecule has 0 aromatic heterocycles. The summed E-state index contributed by atoms with van der Waals surface area (Å²) >= 11 is 0. The Bertz CT molecular complexity index is 8.00. The molecule has 0 heterocycles. The normalized spacial score (nSPS) is 0. The smallest absolute Gasteiger partial charge is 2.00 e. The number of rotatable bonds is 0. The third-order valence-electron chi connectivity index (χ3n) is 0. The Morgan fingerprint density at radius 1 is 1.00 bits per heavy atom. The van der Waals surface area contributed by atoms with Crippen molar-refractivity contribution < 1.29 is 25.0 Å². The third kappa shape index (κ3) is 8.82. The summed E-state index contributed by atoms with van der Waals surface area (Å²) in [5.41, 5.74) is 0. The van der Waals surface area contributed by atoms with E-state index in [-0.39, 0.29) is 85.7 Å². The molecule has 14 valence electrons. The molecule has 0 aromatic carbocycles. The van der Waals surface area contributed by atoms with Crippen molar-refractivity contribution in [3.8, 4) is 0 Å². The largest absolute Gasteiger partial charge is 2.00 e. The monoisotopic (exact) mass is 146 g/mol. The van der Waals surface area contributed by atoms with Gasteiger partial charge < -0.3 is 5.48 Å². The molecule has 1 nitrogen and oxygen atoms in total. The van der Waals surface area contributed by atoms with Crippen molar-refractivity contribution in [3.05, 3.63) is 0 Å². The molecule has 0 rings (SSSR count). The van der Waals surface area contributed by atoms with Crippen LogP contribution in [0, 0.1) is 0 Å². The van der Waals surface area contributed by atoms with Crippen LogP contribution in [0.5, 0.6) is 0 Å².